The third-order valence-electron chi connectivity index (χ3n) is 5.93. The van der Waals surface area contributed by atoms with Crippen molar-refractivity contribution >= 4 is 17.8 Å². The molecule has 5 N–H and O–H groups in total. The first kappa shape index (κ1) is 30.7. The van der Waals surface area contributed by atoms with Gasteiger partial charge in [0.1, 0.15) is 5.82 Å². The summed E-state index contributed by atoms with van der Waals surface area (Å²) in [7, 11) is 0. The van der Waals surface area contributed by atoms with E-state index in [9.17, 15) is 31.9 Å². The zero-order valence-corrected chi connectivity index (χ0v) is 21.0. The average Bonchev–Trinajstić information content (AvgIpc) is 2.89. The molecule has 0 saturated heterocycles. The Morgan fingerprint density at radius 1 is 1.00 bits per heavy atom. The second-order valence-corrected chi connectivity index (χ2v) is 8.94. The summed E-state index contributed by atoms with van der Waals surface area (Å²) in [6.07, 6.45) is -4.92. The standard InChI is InChI=1S/C26H32F4N4O4/c1-25(15-5-16-31,23(36)33-17-14-19-8-11-20(27)12-9-19)34(38-24(37)26(28,29)30)22(35)21(32)13-10-18-6-3-2-4-7-18/h2-4,6-9,11-12,21H,5,10,13-17,31-32H2,1H3,(H,33,36)/t21-,25-/m0/s1. The van der Waals surface area contributed by atoms with Crippen LogP contribution in [0.4, 0.5) is 17.6 Å². The Labute approximate surface area is 218 Å². The summed E-state index contributed by atoms with van der Waals surface area (Å²) in [5.74, 6) is -5.13. The van der Waals surface area contributed by atoms with Gasteiger partial charge in [-0.2, -0.15) is 18.2 Å². The van der Waals surface area contributed by atoms with E-state index in [2.05, 4.69) is 10.2 Å². The van der Waals surface area contributed by atoms with Gasteiger partial charge in [0.15, 0.2) is 5.54 Å². The summed E-state index contributed by atoms with van der Waals surface area (Å²) < 4.78 is 52.5. The van der Waals surface area contributed by atoms with Gasteiger partial charge in [0, 0.05) is 6.54 Å². The fraction of sp³-hybridized carbons (Fsp3) is 0.423. The van der Waals surface area contributed by atoms with Gasteiger partial charge in [-0.15, -0.1) is 0 Å². The van der Waals surface area contributed by atoms with Gasteiger partial charge in [0.05, 0.1) is 6.04 Å². The zero-order valence-electron chi connectivity index (χ0n) is 21.0. The summed E-state index contributed by atoms with van der Waals surface area (Å²) >= 11 is 0. The van der Waals surface area contributed by atoms with Crippen LogP contribution in [0.3, 0.4) is 0 Å². The second kappa shape index (κ2) is 13.9. The molecule has 0 heterocycles. The highest BCUT2D eigenvalue weighted by Gasteiger charge is 2.50. The van der Waals surface area contributed by atoms with Crippen molar-refractivity contribution in [1.29, 1.82) is 0 Å². The summed E-state index contributed by atoms with van der Waals surface area (Å²) in [4.78, 5) is 42.8. The Balaban J connectivity index is 2.27. The van der Waals surface area contributed by atoms with Crippen LogP contribution < -0.4 is 16.8 Å². The molecule has 2 rings (SSSR count). The van der Waals surface area contributed by atoms with Gasteiger partial charge < -0.3 is 21.6 Å². The highest BCUT2D eigenvalue weighted by Crippen LogP contribution is 2.27. The van der Waals surface area contributed by atoms with Crippen molar-refractivity contribution in [3.8, 4) is 0 Å². The van der Waals surface area contributed by atoms with Crippen LogP contribution in [0, 0.1) is 5.82 Å². The molecule has 2 atom stereocenters. The fourth-order valence-electron chi connectivity index (χ4n) is 3.68. The summed E-state index contributed by atoms with van der Waals surface area (Å²) in [5.41, 5.74) is 11.0. The van der Waals surface area contributed by atoms with Gasteiger partial charge in [-0.3, -0.25) is 9.59 Å². The molecule has 0 aliphatic carbocycles. The smallest absolute Gasteiger partial charge is 0.354 e. The molecule has 0 unspecified atom stereocenters. The number of carbonyl (C=O) groups excluding carboxylic acids is 3. The van der Waals surface area contributed by atoms with Crippen LogP contribution in [-0.4, -0.2) is 53.7 Å². The number of hydrogen-bond acceptors (Lipinski definition) is 6. The number of nitrogens with two attached hydrogens (primary N) is 2. The molecule has 12 heteroatoms. The normalized spacial score (nSPS) is 13.8. The van der Waals surface area contributed by atoms with Crippen LogP contribution in [-0.2, 0) is 32.1 Å². The highest BCUT2D eigenvalue weighted by molar-refractivity contribution is 5.93. The summed E-state index contributed by atoms with van der Waals surface area (Å²) in [6.45, 7) is 1.24. The van der Waals surface area contributed by atoms with Crippen molar-refractivity contribution in [3.05, 3.63) is 71.5 Å². The van der Waals surface area contributed by atoms with E-state index >= 15 is 0 Å². The Kier molecular flexibility index (Phi) is 11.2. The van der Waals surface area contributed by atoms with Gasteiger partial charge in [-0.05, 0) is 68.8 Å². The molecule has 0 saturated carbocycles. The van der Waals surface area contributed by atoms with Gasteiger partial charge in [0.2, 0.25) is 5.91 Å². The van der Waals surface area contributed by atoms with E-state index in [1.807, 2.05) is 0 Å². The van der Waals surface area contributed by atoms with Crippen LogP contribution in [0.5, 0.6) is 0 Å². The molecular formula is C26H32F4N4O4. The third-order valence-corrected chi connectivity index (χ3v) is 5.93. The predicted octanol–water partition coefficient (Wildman–Crippen LogP) is 2.79. The minimum atomic E-state index is -5.43. The van der Waals surface area contributed by atoms with Crippen LogP contribution in [0.1, 0.15) is 37.3 Å². The van der Waals surface area contributed by atoms with E-state index in [4.69, 9.17) is 11.5 Å². The maximum Gasteiger partial charge on any atom is 0.493 e. The molecule has 38 heavy (non-hydrogen) atoms. The Morgan fingerprint density at radius 3 is 2.18 bits per heavy atom. The average molecular weight is 541 g/mol. The number of halogens is 4. The van der Waals surface area contributed by atoms with Crippen LogP contribution in [0.25, 0.3) is 0 Å². The number of hydrogen-bond donors (Lipinski definition) is 3. The lowest BCUT2D eigenvalue weighted by atomic mass is 9.92. The Bertz CT molecular complexity index is 1070. The molecular weight excluding hydrogens is 508 g/mol. The maximum absolute atomic E-state index is 13.3. The molecule has 0 fully saturated rings. The van der Waals surface area contributed by atoms with E-state index < -0.39 is 41.4 Å². The number of hydroxylamine groups is 2. The van der Waals surface area contributed by atoms with Gasteiger partial charge in [-0.1, -0.05) is 42.5 Å². The van der Waals surface area contributed by atoms with Crippen molar-refractivity contribution < 1.29 is 36.8 Å². The Hall–Kier alpha value is -3.51. The molecule has 0 aliphatic heterocycles. The van der Waals surface area contributed by atoms with Crippen LogP contribution in [0.2, 0.25) is 0 Å². The molecule has 8 nitrogen and oxygen atoms in total. The molecule has 208 valence electrons. The molecule has 0 spiro atoms. The van der Waals surface area contributed by atoms with Crippen LogP contribution in [0.15, 0.2) is 54.6 Å². The highest BCUT2D eigenvalue weighted by atomic mass is 19.4. The number of amides is 2. The van der Waals surface area contributed by atoms with Crippen molar-refractivity contribution in [2.45, 2.75) is 56.8 Å². The third kappa shape index (κ3) is 8.80. The lowest BCUT2D eigenvalue weighted by Gasteiger charge is -2.39. The number of benzene rings is 2. The molecule has 2 aromatic rings. The van der Waals surface area contributed by atoms with Crippen molar-refractivity contribution in [1.82, 2.24) is 10.4 Å². The fourth-order valence-corrected chi connectivity index (χ4v) is 3.68. The number of rotatable bonds is 12. The second-order valence-electron chi connectivity index (χ2n) is 8.94. The number of nitrogens with one attached hydrogen (secondary N) is 1. The monoisotopic (exact) mass is 540 g/mol. The molecule has 0 radical (unpaired) electrons. The topological polar surface area (TPSA) is 128 Å². The zero-order chi connectivity index (χ0) is 28.3. The van der Waals surface area contributed by atoms with Crippen molar-refractivity contribution in [2.24, 2.45) is 11.5 Å². The predicted molar refractivity (Wildman–Crippen MR) is 132 cm³/mol. The molecule has 2 aromatic carbocycles. The number of alkyl halides is 3. The van der Waals surface area contributed by atoms with Crippen molar-refractivity contribution in [3.63, 3.8) is 0 Å². The summed E-state index contributed by atoms with van der Waals surface area (Å²) in [6, 6.07) is 13.1. The minimum absolute atomic E-state index is 0.0119. The minimum Gasteiger partial charge on any atom is -0.354 e. The number of carbonyl (C=O) groups is 3. The van der Waals surface area contributed by atoms with E-state index in [0.29, 0.717) is 12.0 Å². The molecule has 0 bridgehead atoms. The van der Waals surface area contributed by atoms with Crippen LogP contribution >= 0.6 is 0 Å². The van der Waals surface area contributed by atoms with Gasteiger partial charge >= 0.3 is 12.1 Å². The van der Waals surface area contributed by atoms with Gasteiger partial charge in [0.25, 0.3) is 5.91 Å². The Morgan fingerprint density at radius 2 is 1.61 bits per heavy atom. The van der Waals surface area contributed by atoms with Gasteiger partial charge in [-0.25, -0.2) is 9.18 Å². The first-order valence-electron chi connectivity index (χ1n) is 12.0. The molecule has 0 aliphatic rings. The lowest BCUT2D eigenvalue weighted by Crippen LogP contribution is -2.63. The number of aryl methyl sites for hydroxylation is 1. The van der Waals surface area contributed by atoms with E-state index in [-0.39, 0.29) is 43.8 Å². The quantitative estimate of drug-likeness (QED) is 0.281. The molecule has 2 amide bonds. The first-order valence-corrected chi connectivity index (χ1v) is 12.0. The maximum atomic E-state index is 13.3. The summed E-state index contributed by atoms with van der Waals surface area (Å²) in [5, 5.41) is 2.70. The largest absolute Gasteiger partial charge is 0.493 e. The SMILES string of the molecule is C[C@](CCCN)(C(=O)NCCc1ccc(F)cc1)N(OC(=O)C(F)(F)F)C(=O)[C@@H](N)CCc1ccccc1. The number of nitrogens with zero attached hydrogens (tertiary/aromatic N) is 1. The van der Waals surface area contributed by atoms with E-state index in [0.717, 1.165) is 5.56 Å². The molecule has 0 aromatic heterocycles. The van der Waals surface area contributed by atoms with E-state index in [1.54, 1.807) is 30.3 Å². The van der Waals surface area contributed by atoms with E-state index in [1.165, 1.54) is 31.2 Å². The first-order chi connectivity index (χ1) is 17.9. The van der Waals surface area contributed by atoms with Crippen molar-refractivity contribution in [2.75, 3.05) is 13.1 Å². The lowest BCUT2D eigenvalue weighted by molar-refractivity contribution is -0.253.